The Bertz CT molecular complexity index is 621. The maximum atomic E-state index is 10.5. The minimum absolute atomic E-state index is 0.317. The summed E-state index contributed by atoms with van der Waals surface area (Å²) in [5.41, 5.74) is 2.74. The van der Waals surface area contributed by atoms with Gasteiger partial charge in [0, 0.05) is 30.3 Å². The van der Waals surface area contributed by atoms with Crippen LogP contribution in [0.2, 0.25) is 0 Å². The molecule has 0 amide bonds. The molecule has 0 aliphatic carbocycles. The van der Waals surface area contributed by atoms with Crippen molar-refractivity contribution in [3.63, 3.8) is 0 Å². The molecule has 1 aromatic carbocycles. The molecule has 4 nitrogen and oxygen atoms in total. The Morgan fingerprint density at radius 3 is 2.86 bits per heavy atom. The fourth-order valence-corrected chi connectivity index (χ4v) is 3.00. The highest BCUT2D eigenvalue weighted by Crippen LogP contribution is 2.32. The first kappa shape index (κ1) is 14.3. The second-order valence-corrected chi connectivity index (χ2v) is 5.56. The Kier molecular flexibility index (Phi) is 4.36. The van der Waals surface area contributed by atoms with Crippen molar-refractivity contribution < 1.29 is 9.84 Å². The quantitative estimate of drug-likeness (QED) is 0.917. The summed E-state index contributed by atoms with van der Waals surface area (Å²) in [5.74, 6) is 0.317. The highest BCUT2D eigenvalue weighted by Gasteiger charge is 2.17. The zero-order chi connectivity index (χ0) is 14.7. The number of phenols is 1. The summed E-state index contributed by atoms with van der Waals surface area (Å²) in [7, 11) is 0. The Hall–Kier alpha value is -1.65. The topological polar surface area (TPSA) is 45.6 Å². The lowest BCUT2D eigenvalue weighted by atomic mass is 10.0. The molecule has 21 heavy (non-hydrogen) atoms. The third kappa shape index (κ3) is 3.01. The molecule has 1 aliphatic rings. The lowest BCUT2D eigenvalue weighted by Crippen LogP contribution is -2.18. The molecule has 2 aromatic rings. The number of hydrogen-bond acceptors (Lipinski definition) is 4. The number of hydrogen-bond donors (Lipinski definition) is 1. The van der Waals surface area contributed by atoms with Crippen LogP contribution in [0, 0.1) is 0 Å². The molecule has 112 valence electrons. The lowest BCUT2D eigenvalue weighted by molar-refractivity contribution is 0.135. The minimum atomic E-state index is 0.317. The van der Waals surface area contributed by atoms with Crippen molar-refractivity contribution in [3.05, 3.63) is 35.5 Å². The number of phenolic OH excluding ortho intramolecular Hbond substituents is 1. The highest BCUT2D eigenvalue weighted by molar-refractivity contribution is 5.88. The number of likely N-dealkylation sites (tertiary alicyclic amines) is 1. The average molecular weight is 286 g/mol. The number of benzene rings is 1. The molecule has 0 bridgehead atoms. The van der Waals surface area contributed by atoms with E-state index in [1.165, 1.54) is 12.8 Å². The predicted octanol–water partition coefficient (Wildman–Crippen LogP) is 3.07. The molecule has 1 fully saturated rings. The van der Waals surface area contributed by atoms with Gasteiger partial charge in [-0.1, -0.05) is 6.07 Å². The van der Waals surface area contributed by atoms with Gasteiger partial charge in [0.25, 0.3) is 0 Å². The van der Waals surface area contributed by atoms with Crippen molar-refractivity contribution >= 4 is 10.9 Å². The molecule has 3 rings (SSSR count). The van der Waals surface area contributed by atoms with Gasteiger partial charge in [0.1, 0.15) is 11.3 Å². The Morgan fingerprint density at radius 2 is 2.10 bits per heavy atom. The summed E-state index contributed by atoms with van der Waals surface area (Å²) >= 11 is 0. The second-order valence-electron chi connectivity index (χ2n) is 5.56. The van der Waals surface area contributed by atoms with Crippen LogP contribution in [0.3, 0.4) is 0 Å². The van der Waals surface area contributed by atoms with Crippen LogP contribution in [0.1, 0.15) is 30.9 Å². The van der Waals surface area contributed by atoms with Crippen LogP contribution in [-0.2, 0) is 17.9 Å². The normalized spacial score (nSPS) is 15.9. The van der Waals surface area contributed by atoms with Gasteiger partial charge in [-0.2, -0.15) is 0 Å². The van der Waals surface area contributed by atoms with E-state index in [1.54, 1.807) is 6.20 Å². The number of fused-ring (bicyclic) bond motifs is 1. The zero-order valence-corrected chi connectivity index (χ0v) is 12.5. The molecule has 0 saturated carbocycles. The highest BCUT2D eigenvalue weighted by atomic mass is 16.5. The number of ether oxygens (including phenoxy) is 1. The van der Waals surface area contributed by atoms with E-state index in [0.717, 1.165) is 36.1 Å². The van der Waals surface area contributed by atoms with E-state index in [9.17, 15) is 5.11 Å². The van der Waals surface area contributed by atoms with E-state index in [0.29, 0.717) is 24.5 Å². The minimum Gasteiger partial charge on any atom is -0.505 e. The van der Waals surface area contributed by atoms with Crippen LogP contribution in [0.5, 0.6) is 5.75 Å². The largest absolute Gasteiger partial charge is 0.505 e. The number of rotatable bonds is 5. The van der Waals surface area contributed by atoms with E-state index < -0.39 is 0 Å². The van der Waals surface area contributed by atoms with Gasteiger partial charge in [0.15, 0.2) is 0 Å². The summed E-state index contributed by atoms with van der Waals surface area (Å²) in [5, 5.41) is 11.5. The van der Waals surface area contributed by atoms with E-state index in [2.05, 4.69) is 16.0 Å². The summed E-state index contributed by atoms with van der Waals surface area (Å²) in [4.78, 5) is 6.74. The Balaban J connectivity index is 2.00. The van der Waals surface area contributed by atoms with Gasteiger partial charge in [-0.3, -0.25) is 9.88 Å². The molecule has 0 atom stereocenters. The number of nitrogens with zero attached hydrogens (tertiary/aromatic N) is 2. The fraction of sp³-hybridized carbons (Fsp3) is 0.471. The third-order valence-corrected chi connectivity index (χ3v) is 4.08. The smallest absolute Gasteiger partial charge is 0.146 e. The molecule has 1 saturated heterocycles. The molecule has 0 unspecified atom stereocenters. The molecule has 1 aromatic heterocycles. The Morgan fingerprint density at radius 1 is 1.29 bits per heavy atom. The standard InChI is InChI=1S/C17H22N2O2/c1-2-21-12-14-10-13(11-19-8-3-4-9-19)17(20)16-15(14)6-5-7-18-16/h5-7,10,20H,2-4,8-9,11-12H2,1H3. The first-order valence-electron chi connectivity index (χ1n) is 7.68. The van der Waals surface area contributed by atoms with Crippen molar-refractivity contribution in [1.29, 1.82) is 0 Å². The van der Waals surface area contributed by atoms with Crippen LogP contribution >= 0.6 is 0 Å². The Labute approximate surface area is 125 Å². The first-order chi connectivity index (χ1) is 10.3. The molecule has 1 N–H and O–H groups in total. The van der Waals surface area contributed by atoms with Gasteiger partial charge in [-0.15, -0.1) is 0 Å². The molecule has 1 aliphatic heterocycles. The van der Waals surface area contributed by atoms with Gasteiger partial charge in [0.05, 0.1) is 6.61 Å². The van der Waals surface area contributed by atoms with E-state index in [1.807, 2.05) is 19.1 Å². The zero-order valence-electron chi connectivity index (χ0n) is 12.5. The van der Waals surface area contributed by atoms with Crippen molar-refractivity contribution in [3.8, 4) is 5.75 Å². The molecule has 0 radical (unpaired) electrons. The van der Waals surface area contributed by atoms with Gasteiger partial charge >= 0.3 is 0 Å². The van der Waals surface area contributed by atoms with Crippen LogP contribution in [0.4, 0.5) is 0 Å². The van der Waals surface area contributed by atoms with Gasteiger partial charge in [-0.25, -0.2) is 0 Å². The number of aromatic hydroxyl groups is 1. The molecule has 2 heterocycles. The summed E-state index contributed by atoms with van der Waals surface area (Å²) in [6.07, 6.45) is 4.23. The molecular weight excluding hydrogens is 264 g/mol. The van der Waals surface area contributed by atoms with E-state index >= 15 is 0 Å². The van der Waals surface area contributed by atoms with E-state index in [-0.39, 0.29) is 0 Å². The van der Waals surface area contributed by atoms with Crippen LogP contribution in [0.25, 0.3) is 10.9 Å². The number of pyridine rings is 1. The molecule has 0 spiro atoms. The van der Waals surface area contributed by atoms with Crippen LogP contribution in [0.15, 0.2) is 24.4 Å². The van der Waals surface area contributed by atoms with Crippen molar-refractivity contribution in [2.45, 2.75) is 32.9 Å². The maximum Gasteiger partial charge on any atom is 0.146 e. The SMILES string of the molecule is CCOCc1cc(CN2CCCC2)c(O)c2ncccc12. The second kappa shape index (κ2) is 6.41. The maximum absolute atomic E-state index is 10.5. The van der Waals surface area contributed by atoms with Gasteiger partial charge in [0.2, 0.25) is 0 Å². The van der Waals surface area contributed by atoms with E-state index in [4.69, 9.17) is 4.74 Å². The van der Waals surface area contributed by atoms with Crippen molar-refractivity contribution in [1.82, 2.24) is 9.88 Å². The van der Waals surface area contributed by atoms with Gasteiger partial charge < -0.3 is 9.84 Å². The fourth-order valence-electron chi connectivity index (χ4n) is 3.00. The summed E-state index contributed by atoms with van der Waals surface area (Å²) in [6, 6.07) is 5.97. The molecular formula is C17H22N2O2. The van der Waals surface area contributed by atoms with Crippen LogP contribution in [-0.4, -0.2) is 34.7 Å². The average Bonchev–Trinajstić information content (AvgIpc) is 3.02. The monoisotopic (exact) mass is 286 g/mol. The predicted molar refractivity (Wildman–Crippen MR) is 83.2 cm³/mol. The molecule has 4 heteroatoms. The van der Waals surface area contributed by atoms with Crippen molar-refractivity contribution in [2.75, 3.05) is 19.7 Å². The summed E-state index contributed by atoms with van der Waals surface area (Å²) < 4.78 is 5.57. The van der Waals surface area contributed by atoms with Crippen LogP contribution < -0.4 is 0 Å². The summed E-state index contributed by atoms with van der Waals surface area (Å²) in [6.45, 7) is 6.25. The van der Waals surface area contributed by atoms with Crippen molar-refractivity contribution in [2.24, 2.45) is 0 Å². The first-order valence-corrected chi connectivity index (χ1v) is 7.68. The number of aromatic nitrogens is 1. The van der Waals surface area contributed by atoms with Gasteiger partial charge in [-0.05, 0) is 50.6 Å². The third-order valence-electron chi connectivity index (χ3n) is 4.08. The lowest BCUT2D eigenvalue weighted by Gasteiger charge is -2.18.